The smallest absolute Gasteiger partial charge is 0.217 e. The summed E-state index contributed by atoms with van der Waals surface area (Å²) in [6.07, 6.45) is 0.998. The van der Waals surface area contributed by atoms with E-state index in [1.54, 1.807) is 6.92 Å². The topological polar surface area (TPSA) is 58.4 Å². The molecule has 0 saturated carbocycles. The monoisotopic (exact) mass is 247 g/mol. The molecule has 2 rings (SSSR count). The molecule has 1 aromatic carbocycles. The van der Waals surface area contributed by atoms with Crippen LogP contribution in [-0.2, 0) is 11.3 Å². The molecule has 4 heteroatoms. The second-order valence-corrected chi connectivity index (χ2v) is 4.92. The van der Waals surface area contributed by atoms with Crippen molar-refractivity contribution in [1.29, 1.82) is 0 Å². The zero-order valence-corrected chi connectivity index (χ0v) is 11.1. The number of carbonyl (C=O) groups excluding carboxylic acids is 1. The standard InChI is InChI=1S/C14H21N3O/c1-10-4-3-5-12(8-15)14(10)17-7-6-13(9-17)16-11(2)18/h3-5,13H,6-9,15H2,1-2H3,(H,16,18). The molecule has 0 aliphatic carbocycles. The molecule has 1 unspecified atom stereocenters. The third kappa shape index (κ3) is 2.64. The molecule has 3 N–H and O–H groups in total. The van der Waals surface area contributed by atoms with Crippen LogP contribution >= 0.6 is 0 Å². The Bertz CT molecular complexity index is 445. The highest BCUT2D eigenvalue weighted by Crippen LogP contribution is 2.28. The van der Waals surface area contributed by atoms with E-state index >= 15 is 0 Å². The maximum Gasteiger partial charge on any atom is 0.217 e. The number of amides is 1. The van der Waals surface area contributed by atoms with E-state index in [9.17, 15) is 4.79 Å². The van der Waals surface area contributed by atoms with Crippen LogP contribution in [0.3, 0.4) is 0 Å². The van der Waals surface area contributed by atoms with E-state index in [4.69, 9.17) is 5.73 Å². The fourth-order valence-corrected chi connectivity index (χ4v) is 2.71. The summed E-state index contributed by atoms with van der Waals surface area (Å²) in [5, 5.41) is 2.99. The van der Waals surface area contributed by atoms with Gasteiger partial charge < -0.3 is 16.0 Å². The molecule has 1 fully saturated rings. The lowest BCUT2D eigenvalue weighted by atomic mass is 10.1. The van der Waals surface area contributed by atoms with Crippen molar-refractivity contribution in [2.45, 2.75) is 32.9 Å². The van der Waals surface area contributed by atoms with Gasteiger partial charge in [-0.3, -0.25) is 4.79 Å². The third-order valence-electron chi connectivity index (χ3n) is 3.45. The Morgan fingerprint density at radius 3 is 3.00 bits per heavy atom. The van der Waals surface area contributed by atoms with Gasteiger partial charge in [0.15, 0.2) is 0 Å². The molecular formula is C14H21N3O. The third-order valence-corrected chi connectivity index (χ3v) is 3.45. The molecule has 98 valence electrons. The Morgan fingerprint density at radius 1 is 1.56 bits per heavy atom. The molecule has 1 heterocycles. The number of anilines is 1. The van der Waals surface area contributed by atoms with E-state index in [-0.39, 0.29) is 11.9 Å². The normalized spacial score (nSPS) is 19.1. The van der Waals surface area contributed by atoms with Crippen LogP contribution in [-0.4, -0.2) is 25.0 Å². The number of carbonyl (C=O) groups is 1. The highest BCUT2D eigenvalue weighted by atomic mass is 16.1. The summed E-state index contributed by atoms with van der Waals surface area (Å²) < 4.78 is 0. The molecular weight excluding hydrogens is 226 g/mol. The first-order chi connectivity index (χ1) is 8.61. The summed E-state index contributed by atoms with van der Waals surface area (Å²) in [7, 11) is 0. The van der Waals surface area contributed by atoms with E-state index in [1.807, 2.05) is 6.07 Å². The zero-order valence-electron chi connectivity index (χ0n) is 11.1. The number of benzene rings is 1. The zero-order chi connectivity index (χ0) is 13.1. The van der Waals surface area contributed by atoms with Crippen LogP contribution in [0.5, 0.6) is 0 Å². The predicted molar refractivity (Wildman–Crippen MR) is 73.5 cm³/mol. The average Bonchev–Trinajstić information content (AvgIpc) is 2.75. The summed E-state index contributed by atoms with van der Waals surface area (Å²) in [6, 6.07) is 6.49. The van der Waals surface area contributed by atoms with Gasteiger partial charge in [-0.25, -0.2) is 0 Å². The number of aryl methyl sites for hydroxylation is 1. The van der Waals surface area contributed by atoms with Crippen LogP contribution in [0.25, 0.3) is 0 Å². The van der Waals surface area contributed by atoms with Crippen molar-refractivity contribution in [2.75, 3.05) is 18.0 Å². The maximum atomic E-state index is 11.1. The summed E-state index contributed by atoms with van der Waals surface area (Å²) in [4.78, 5) is 13.4. The van der Waals surface area contributed by atoms with Gasteiger partial charge in [-0.15, -0.1) is 0 Å². The van der Waals surface area contributed by atoms with E-state index < -0.39 is 0 Å². The van der Waals surface area contributed by atoms with Crippen molar-refractivity contribution >= 4 is 11.6 Å². The first kappa shape index (κ1) is 12.9. The molecule has 18 heavy (non-hydrogen) atoms. The lowest BCUT2D eigenvalue weighted by Gasteiger charge is -2.24. The van der Waals surface area contributed by atoms with Gasteiger partial charge in [0, 0.05) is 38.3 Å². The molecule has 1 atom stereocenters. The van der Waals surface area contributed by atoms with Gasteiger partial charge in [-0.05, 0) is 24.5 Å². The number of nitrogens with zero attached hydrogens (tertiary/aromatic N) is 1. The minimum Gasteiger partial charge on any atom is -0.369 e. The number of nitrogens with two attached hydrogens (primary N) is 1. The lowest BCUT2D eigenvalue weighted by Crippen LogP contribution is -2.35. The summed E-state index contributed by atoms with van der Waals surface area (Å²) >= 11 is 0. The molecule has 0 bridgehead atoms. The van der Waals surface area contributed by atoms with Crippen LogP contribution < -0.4 is 16.0 Å². The van der Waals surface area contributed by atoms with Gasteiger partial charge >= 0.3 is 0 Å². The van der Waals surface area contributed by atoms with Crippen molar-refractivity contribution in [3.8, 4) is 0 Å². The Balaban J connectivity index is 2.16. The summed E-state index contributed by atoms with van der Waals surface area (Å²) in [5.41, 5.74) is 9.48. The Kier molecular flexibility index (Phi) is 3.87. The Labute approximate surface area is 108 Å². The van der Waals surface area contributed by atoms with Crippen molar-refractivity contribution in [1.82, 2.24) is 5.32 Å². The first-order valence-corrected chi connectivity index (χ1v) is 6.42. The minimum absolute atomic E-state index is 0.0469. The largest absolute Gasteiger partial charge is 0.369 e. The number of para-hydroxylation sites is 1. The van der Waals surface area contributed by atoms with Gasteiger partial charge in [0.2, 0.25) is 5.91 Å². The minimum atomic E-state index is 0.0469. The van der Waals surface area contributed by atoms with Gasteiger partial charge in [-0.2, -0.15) is 0 Å². The van der Waals surface area contributed by atoms with Crippen LogP contribution in [0, 0.1) is 6.92 Å². The molecule has 0 radical (unpaired) electrons. The highest BCUT2D eigenvalue weighted by Gasteiger charge is 2.25. The average molecular weight is 247 g/mol. The Morgan fingerprint density at radius 2 is 2.33 bits per heavy atom. The van der Waals surface area contributed by atoms with Crippen LogP contribution in [0.4, 0.5) is 5.69 Å². The van der Waals surface area contributed by atoms with Crippen LogP contribution in [0.2, 0.25) is 0 Å². The van der Waals surface area contributed by atoms with Crippen molar-refractivity contribution in [3.63, 3.8) is 0 Å². The van der Waals surface area contributed by atoms with Gasteiger partial charge in [0.25, 0.3) is 0 Å². The molecule has 1 aliphatic heterocycles. The van der Waals surface area contributed by atoms with Crippen molar-refractivity contribution in [3.05, 3.63) is 29.3 Å². The molecule has 4 nitrogen and oxygen atoms in total. The second-order valence-electron chi connectivity index (χ2n) is 4.92. The molecule has 0 aromatic heterocycles. The van der Waals surface area contributed by atoms with E-state index in [2.05, 4.69) is 29.3 Å². The molecule has 0 spiro atoms. The number of rotatable bonds is 3. The van der Waals surface area contributed by atoms with Gasteiger partial charge in [-0.1, -0.05) is 18.2 Å². The second kappa shape index (κ2) is 5.40. The van der Waals surface area contributed by atoms with Crippen molar-refractivity contribution < 1.29 is 4.79 Å². The molecule has 1 aromatic rings. The van der Waals surface area contributed by atoms with E-state index in [0.717, 1.165) is 19.5 Å². The maximum absolute atomic E-state index is 11.1. The quantitative estimate of drug-likeness (QED) is 0.843. The highest BCUT2D eigenvalue weighted by molar-refractivity contribution is 5.73. The number of nitrogens with one attached hydrogen (secondary N) is 1. The lowest BCUT2D eigenvalue weighted by molar-refractivity contribution is -0.119. The SMILES string of the molecule is CC(=O)NC1CCN(c2c(C)cccc2CN)C1. The van der Waals surface area contributed by atoms with Crippen LogP contribution in [0.1, 0.15) is 24.5 Å². The predicted octanol–water partition coefficient (Wildman–Crippen LogP) is 1.17. The molecule has 1 aliphatic rings. The Hall–Kier alpha value is -1.55. The van der Waals surface area contributed by atoms with Gasteiger partial charge in [0.05, 0.1) is 0 Å². The van der Waals surface area contributed by atoms with Crippen LogP contribution in [0.15, 0.2) is 18.2 Å². The first-order valence-electron chi connectivity index (χ1n) is 6.42. The fraction of sp³-hybridized carbons (Fsp3) is 0.500. The number of hydrogen-bond acceptors (Lipinski definition) is 3. The fourth-order valence-electron chi connectivity index (χ4n) is 2.71. The molecule has 1 saturated heterocycles. The summed E-state index contributed by atoms with van der Waals surface area (Å²) in [5.74, 6) is 0.0469. The van der Waals surface area contributed by atoms with Crippen molar-refractivity contribution in [2.24, 2.45) is 5.73 Å². The van der Waals surface area contributed by atoms with Gasteiger partial charge in [0.1, 0.15) is 0 Å². The van der Waals surface area contributed by atoms with E-state index in [0.29, 0.717) is 6.54 Å². The van der Waals surface area contributed by atoms with E-state index in [1.165, 1.54) is 16.8 Å². The molecule has 1 amide bonds. The number of hydrogen-bond donors (Lipinski definition) is 2. The summed E-state index contributed by atoms with van der Waals surface area (Å²) in [6.45, 7) is 6.08.